The Kier molecular flexibility index (Phi) is 5.19. The number of morpholine rings is 1. The minimum absolute atomic E-state index is 0.0101. The van der Waals surface area contributed by atoms with Gasteiger partial charge in [0.15, 0.2) is 29.2 Å². The third kappa shape index (κ3) is 3.40. The molecule has 0 aromatic heterocycles. The zero-order chi connectivity index (χ0) is 21.5. The zero-order valence-electron chi connectivity index (χ0n) is 17.9. The van der Waals surface area contributed by atoms with Crippen molar-refractivity contribution in [1.29, 1.82) is 0 Å². The van der Waals surface area contributed by atoms with Crippen LogP contribution >= 0.6 is 0 Å². The van der Waals surface area contributed by atoms with Crippen LogP contribution in [0.3, 0.4) is 0 Å². The van der Waals surface area contributed by atoms with Crippen molar-refractivity contribution in [3.63, 3.8) is 0 Å². The number of ether oxygens (including phenoxy) is 6. The zero-order valence-corrected chi connectivity index (χ0v) is 17.9. The molecule has 0 saturated carbocycles. The summed E-state index contributed by atoms with van der Waals surface area (Å²) in [5.74, 6) is 2.98. The second-order valence-electron chi connectivity index (χ2n) is 8.01. The van der Waals surface area contributed by atoms with E-state index in [0.29, 0.717) is 36.2 Å². The van der Waals surface area contributed by atoms with E-state index in [0.717, 1.165) is 30.0 Å². The van der Waals surface area contributed by atoms with Crippen LogP contribution < -0.4 is 23.7 Å². The average Bonchev–Trinajstić information content (AvgIpc) is 3.25. The number of nitrogens with zero attached hydrogens (tertiary/aromatic N) is 1. The fraction of sp³-hybridized carbons (Fsp3) is 0.478. The van der Waals surface area contributed by atoms with Crippen LogP contribution in [0.15, 0.2) is 24.3 Å². The number of hydrogen-bond acceptors (Lipinski definition) is 8. The van der Waals surface area contributed by atoms with Gasteiger partial charge in [-0.3, -0.25) is 4.90 Å². The lowest BCUT2D eigenvalue weighted by Crippen LogP contribution is -2.52. The van der Waals surface area contributed by atoms with Crippen LogP contribution in [-0.2, 0) is 4.74 Å². The first-order valence-corrected chi connectivity index (χ1v) is 10.5. The van der Waals surface area contributed by atoms with Crippen molar-refractivity contribution >= 4 is 0 Å². The third-order valence-corrected chi connectivity index (χ3v) is 6.33. The predicted octanol–water partition coefficient (Wildman–Crippen LogP) is 2.96. The summed E-state index contributed by atoms with van der Waals surface area (Å²) < 4.78 is 34.2. The topological polar surface area (TPSA) is 78.9 Å². The van der Waals surface area contributed by atoms with E-state index >= 15 is 0 Å². The average molecular weight is 429 g/mol. The van der Waals surface area contributed by atoms with E-state index in [4.69, 9.17) is 28.4 Å². The summed E-state index contributed by atoms with van der Waals surface area (Å²) in [4.78, 5) is 2.32. The molecule has 1 fully saturated rings. The Morgan fingerprint density at radius 2 is 1.58 bits per heavy atom. The fourth-order valence-corrected chi connectivity index (χ4v) is 4.78. The maximum atomic E-state index is 10.4. The van der Waals surface area contributed by atoms with Crippen molar-refractivity contribution in [3.8, 4) is 34.5 Å². The van der Waals surface area contributed by atoms with Crippen molar-refractivity contribution in [3.05, 3.63) is 35.4 Å². The molecule has 0 unspecified atom stereocenters. The molecule has 3 atom stereocenters. The molecule has 0 aliphatic carbocycles. The summed E-state index contributed by atoms with van der Waals surface area (Å²) >= 11 is 0. The molecule has 3 heterocycles. The smallest absolute Gasteiger partial charge is 0.231 e. The normalized spacial score (nSPS) is 24.9. The van der Waals surface area contributed by atoms with Crippen molar-refractivity contribution in [2.75, 3.05) is 47.3 Å². The monoisotopic (exact) mass is 429 g/mol. The fourth-order valence-electron chi connectivity index (χ4n) is 4.78. The van der Waals surface area contributed by atoms with Gasteiger partial charge in [-0.05, 0) is 23.8 Å². The SMILES string of the molecule is COc1cc([C@H]2c3cc4c(cc3O[C@@H](N3CCOCC3)[C@@H]2C)OCO4)cc(OC)c1O. The molecule has 166 valence electrons. The molecule has 3 aliphatic rings. The lowest BCUT2D eigenvalue weighted by Gasteiger charge is -2.44. The summed E-state index contributed by atoms with van der Waals surface area (Å²) in [7, 11) is 3.07. The van der Waals surface area contributed by atoms with Crippen molar-refractivity contribution in [2.24, 2.45) is 5.92 Å². The minimum atomic E-state index is -0.132. The molecule has 0 radical (unpaired) electrons. The lowest BCUT2D eigenvalue weighted by molar-refractivity contribution is -0.0784. The number of hydrogen-bond donors (Lipinski definition) is 1. The Bertz CT molecular complexity index is 948. The molecule has 1 N–H and O–H groups in total. The maximum absolute atomic E-state index is 10.4. The van der Waals surface area contributed by atoms with Gasteiger partial charge in [-0.15, -0.1) is 0 Å². The first-order valence-electron chi connectivity index (χ1n) is 10.5. The Labute approximate surface area is 181 Å². The number of fused-ring (bicyclic) bond motifs is 2. The van der Waals surface area contributed by atoms with Gasteiger partial charge >= 0.3 is 0 Å². The number of phenolic OH excluding ortho intramolecular Hbond substituents is 1. The minimum Gasteiger partial charge on any atom is -0.502 e. The third-order valence-electron chi connectivity index (χ3n) is 6.33. The highest BCUT2D eigenvalue weighted by atomic mass is 16.7. The second-order valence-corrected chi connectivity index (χ2v) is 8.01. The Hall–Kier alpha value is -2.84. The van der Waals surface area contributed by atoms with Gasteiger partial charge in [-0.2, -0.15) is 0 Å². The molecule has 1 saturated heterocycles. The highest BCUT2D eigenvalue weighted by Gasteiger charge is 2.41. The standard InChI is InChI=1S/C23H27NO7/c1-13-21(14-8-19(26-2)22(25)20(9-14)27-3)15-10-17-18(30-12-29-17)11-16(15)31-23(13)24-4-6-28-7-5-24/h8-11,13,21,23,25H,4-7,12H2,1-3H3/t13-,21+,23-/m1/s1. The molecule has 8 heteroatoms. The van der Waals surface area contributed by atoms with Crippen molar-refractivity contribution in [2.45, 2.75) is 19.1 Å². The molecular weight excluding hydrogens is 402 g/mol. The largest absolute Gasteiger partial charge is 0.502 e. The summed E-state index contributed by atoms with van der Waals surface area (Å²) in [5.41, 5.74) is 1.98. The molecule has 5 rings (SSSR count). The predicted molar refractivity (Wildman–Crippen MR) is 112 cm³/mol. The molecule has 0 bridgehead atoms. The lowest BCUT2D eigenvalue weighted by atomic mass is 9.77. The number of methoxy groups -OCH3 is 2. The van der Waals surface area contributed by atoms with E-state index in [1.54, 1.807) is 0 Å². The van der Waals surface area contributed by atoms with E-state index < -0.39 is 0 Å². The quantitative estimate of drug-likeness (QED) is 0.795. The van der Waals surface area contributed by atoms with Gasteiger partial charge in [0.05, 0.1) is 27.4 Å². The second kappa shape index (κ2) is 8.01. The highest BCUT2D eigenvalue weighted by Crippen LogP contribution is 2.51. The van der Waals surface area contributed by atoms with Crippen LogP contribution in [0, 0.1) is 5.92 Å². The molecule has 31 heavy (non-hydrogen) atoms. The number of benzene rings is 2. The van der Waals surface area contributed by atoms with E-state index in [2.05, 4.69) is 11.8 Å². The maximum Gasteiger partial charge on any atom is 0.231 e. The van der Waals surface area contributed by atoms with Gasteiger partial charge in [0.1, 0.15) is 5.75 Å². The molecule has 0 amide bonds. The van der Waals surface area contributed by atoms with Gasteiger partial charge in [-0.1, -0.05) is 6.92 Å². The van der Waals surface area contributed by atoms with Crippen LogP contribution in [0.2, 0.25) is 0 Å². The first-order chi connectivity index (χ1) is 15.1. The number of rotatable bonds is 4. The van der Waals surface area contributed by atoms with Crippen LogP contribution in [0.1, 0.15) is 24.0 Å². The van der Waals surface area contributed by atoms with E-state index in [-0.39, 0.29) is 30.6 Å². The van der Waals surface area contributed by atoms with Gasteiger partial charge in [-0.25, -0.2) is 0 Å². The highest BCUT2D eigenvalue weighted by molar-refractivity contribution is 5.59. The van der Waals surface area contributed by atoms with E-state index in [1.165, 1.54) is 14.2 Å². The molecule has 2 aromatic rings. The Morgan fingerprint density at radius 1 is 0.935 bits per heavy atom. The molecule has 3 aliphatic heterocycles. The van der Waals surface area contributed by atoms with Crippen molar-refractivity contribution in [1.82, 2.24) is 4.90 Å². The Balaban J connectivity index is 1.64. The Morgan fingerprint density at radius 3 is 2.23 bits per heavy atom. The van der Waals surface area contributed by atoms with Gasteiger partial charge in [0.2, 0.25) is 12.5 Å². The van der Waals surface area contributed by atoms with Crippen LogP contribution in [0.25, 0.3) is 0 Å². The van der Waals surface area contributed by atoms with Gasteiger partial charge < -0.3 is 33.5 Å². The van der Waals surface area contributed by atoms with E-state index in [9.17, 15) is 5.11 Å². The molecule has 8 nitrogen and oxygen atoms in total. The first kappa shape index (κ1) is 20.1. The summed E-state index contributed by atoms with van der Waals surface area (Å²) in [6, 6.07) is 7.66. The van der Waals surface area contributed by atoms with Crippen LogP contribution in [0.5, 0.6) is 34.5 Å². The van der Waals surface area contributed by atoms with Crippen LogP contribution in [0.4, 0.5) is 0 Å². The van der Waals surface area contributed by atoms with E-state index in [1.807, 2.05) is 24.3 Å². The van der Waals surface area contributed by atoms with Crippen LogP contribution in [-0.4, -0.2) is 63.6 Å². The van der Waals surface area contributed by atoms with Gasteiger partial charge in [0, 0.05) is 36.6 Å². The van der Waals surface area contributed by atoms with Gasteiger partial charge in [0.25, 0.3) is 0 Å². The molecular formula is C23H27NO7. The number of aromatic hydroxyl groups is 1. The summed E-state index contributed by atoms with van der Waals surface area (Å²) in [6.45, 7) is 5.38. The number of phenols is 1. The molecule has 2 aromatic carbocycles. The van der Waals surface area contributed by atoms with Crippen molar-refractivity contribution < 1.29 is 33.5 Å². The molecule has 0 spiro atoms. The summed E-state index contributed by atoms with van der Waals surface area (Å²) in [5, 5.41) is 10.4. The summed E-state index contributed by atoms with van der Waals surface area (Å²) in [6.07, 6.45) is -0.132.